The number of carbonyl (C=O) groups is 1. The van der Waals surface area contributed by atoms with Crippen LogP contribution in [-0.4, -0.2) is 67.9 Å². The summed E-state index contributed by atoms with van der Waals surface area (Å²) < 4.78 is 23.8. The molecule has 3 aromatic rings. The van der Waals surface area contributed by atoms with Crippen molar-refractivity contribution >= 4 is 11.9 Å². The number of ether oxygens (including phenoxy) is 4. The fourth-order valence-corrected chi connectivity index (χ4v) is 4.63. The summed E-state index contributed by atoms with van der Waals surface area (Å²) in [6, 6.07) is 26.9. The Balaban J connectivity index is 1.52. The lowest BCUT2D eigenvalue weighted by molar-refractivity contribution is -0.282. The van der Waals surface area contributed by atoms with Gasteiger partial charge in [-0.05, 0) is 22.3 Å². The van der Waals surface area contributed by atoms with Crippen molar-refractivity contribution in [2.24, 2.45) is 16.5 Å². The molecule has 0 radical (unpaired) electrons. The number of rotatable bonds is 13. The number of nitrogens with two attached hydrogens (primary N) is 2. The fraction of sp³-hybridized carbons (Fsp3) is 0.355. The second-order valence-electron chi connectivity index (χ2n) is 9.77. The summed E-state index contributed by atoms with van der Waals surface area (Å²) in [7, 11) is 1.53. The number of hydrogen-bond acceptors (Lipinski definition) is 7. The molecule has 10 nitrogen and oxygen atoms in total. The summed E-state index contributed by atoms with van der Waals surface area (Å²) in [4.78, 5) is 16.8. The van der Waals surface area contributed by atoms with Gasteiger partial charge in [0.2, 0.25) is 5.91 Å². The third-order valence-corrected chi connectivity index (χ3v) is 6.73. The summed E-state index contributed by atoms with van der Waals surface area (Å²) in [5, 5.41) is 14.2. The number of nitrogens with zero attached hydrogens (tertiary/aromatic N) is 1. The van der Waals surface area contributed by atoms with Gasteiger partial charge in [-0.15, -0.1) is 0 Å². The number of nitrogens with one attached hydrogen (secondary N) is 1. The van der Waals surface area contributed by atoms with Crippen LogP contribution in [0.4, 0.5) is 0 Å². The molecule has 6 N–H and O–H groups in total. The van der Waals surface area contributed by atoms with Gasteiger partial charge in [0.05, 0.1) is 26.4 Å². The topological polar surface area (TPSA) is 151 Å². The van der Waals surface area contributed by atoms with Crippen LogP contribution in [0.1, 0.15) is 17.5 Å². The maximum absolute atomic E-state index is 12.9. The second kappa shape index (κ2) is 15.3. The van der Waals surface area contributed by atoms with Gasteiger partial charge < -0.3 is 40.8 Å². The monoisotopic (exact) mass is 562 g/mol. The Morgan fingerprint density at radius 3 is 2.17 bits per heavy atom. The number of benzene rings is 3. The van der Waals surface area contributed by atoms with Crippen molar-refractivity contribution in [3.63, 3.8) is 0 Å². The lowest BCUT2D eigenvalue weighted by Gasteiger charge is -2.44. The molecule has 1 amide bonds. The van der Waals surface area contributed by atoms with Gasteiger partial charge in [-0.2, -0.15) is 0 Å². The third-order valence-electron chi connectivity index (χ3n) is 6.73. The van der Waals surface area contributed by atoms with Gasteiger partial charge in [0.15, 0.2) is 12.2 Å². The lowest BCUT2D eigenvalue weighted by atomic mass is 9.96. The van der Waals surface area contributed by atoms with Crippen LogP contribution in [0.2, 0.25) is 0 Å². The Kier molecular flexibility index (Phi) is 11.2. The summed E-state index contributed by atoms with van der Waals surface area (Å²) in [5.74, 6) is -0.435. The second-order valence-corrected chi connectivity index (χ2v) is 9.77. The number of methoxy groups -OCH3 is 1. The lowest BCUT2D eigenvalue weighted by Crippen LogP contribution is -2.65. The average molecular weight is 563 g/mol. The largest absolute Gasteiger partial charge is 0.388 e. The van der Waals surface area contributed by atoms with Gasteiger partial charge in [0.1, 0.15) is 24.4 Å². The van der Waals surface area contributed by atoms with E-state index in [9.17, 15) is 9.90 Å². The van der Waals surface area contributed by atoms with Crippen molar-refractivity contribution in [1.29, 1.82) is 0 Å². The van der Waals surface area contributed by atoms with E-state index in [4.69, 9.17) is 30.4 Å². The first-order valence-corrected chi connectivity index (χ1v) is 13.5. The number of carbonyl (C=O) groups excluding carboxylic acids is 1. The van der Waals surface area contributed by atoms with Gasteiger partial charge in [0.25, 0.3) is 0 Å². The van der Waals surface area contributed by atoms with E-state index in [1.54, 1.807) is 0 Å². The van der Waals surface area contributed by atoms with Crippen LogP contribution in [0.15, 0.2) is 89.9 Å². The zero-order chi connectivity index (χ0) is 29.0. The van der Waals surface area contributed by atoms with E-state index < -0.39 is 30.6 Å². The minimum absolute atomic E-state index is 0.0328. The smallest absolute Gasteiger partial charge is 0.222 e. The minimum Gasteiger partial charge on any atom is -0.388 e. The molecule has 1 heterocycles. The molecule has 4 rings (SSSR count). The van der Waals surface area contributed by atoms with Crippen LogP contribution in [-0.2, 0) is 37.0 Å². The maximum atomic E-state index is 12.9. The average Bonchev–Trinajstić information content (AvgIpc) is 2.99. The van der Waals surface area contributed by atoms with E-state index in [1.807, 2.05) is 72.8 Å². The molecule has 218 valence electrons. The molecule has 3 aromatic carbocycles. The Morgan fingerprint density at radius 1 is 0.902 bits per heavy atom. The van der Waals surface area contributed by atoms with E-state index >= 15 is 0 Å². The maximum Gasteiger partial charge on any atom is 0.222 e. The number of hydrogen-bond donors (Lipinski definition) is 4. The van der Waals surface area contributed by atoms with Crippen molar-refractivity contribution < 1.29 is 28.8 Å². The molecule has 0 aromatic heterocycles. The Labute approximate surface area is 240 Å². The first kappa shape index (κ1) is 30.2. The van der Waals surface area contributed by atoms with Crippen LogP contribution in [0.25, 0.3) is 11.1 Å². The summed E-state index contributed by atoms with van der Waals surface area (Å²) in [6.07, 6.45) is -3.58. The van der Waals surface area contributed by atoms with Crippen LogP contribution < -0.4 is 16.8 Å². The van der Waals surface area contributed by atoms with E-state index in [0.29, 0.717) is 0 Å². The van der Waals surface area contributed by atoms with Crippen LogP contribution in [0.5, 0.6) is 0 Å². The van der Waals surface area contributed by atoms with Crippen molar-refractivity contribution in [1.82, 2.24) is 5.32 Å². The molecule has 5 atom stereocenters. The highest BCUT2D eigenvalue weighted by molar-refractivity contribution is 5.78. The highest BCUT2D eigenvalue weighted by Crippen LogP contribution is 2.27. The number of guanidine groups is 1. The summed E-state index contributed by atoms with van der Waals surface area (Å²) in [6.45, 7) is 0.659. The first-order valence-electron chi connectivity index (χ1n) is 13.5. The molecule has 0 bridgehead atoms. The Morgan fingerprint density at radius 2 is 1.51 bits per heavy atom. The van der Waals surface area contributed by atoms with Gasteiger partial charge in [-0.1, -0.05) is 84.9 Å². The Bertz CT molecular complexity index is 1240. The highest BCUT2D eigenvalue weighted by atomic mass is 16.7. The van der Waals surface area contributed by atoms with Gasteiger partial charge in [0, 0.05) is 13.5 Å². The zero-order valence-corrected chi connectivity index (χ0v) is 23.1. The summed E-state index contributed by atoms with van der Waals surface area (Å²) in [5.41, 5.74) is 14.8. The van der Waals surface area contributed by atoms with Crippen molar-refractivity contribution in [2.45, 2.75) is 50.3 Å². The van der Waals surface area contributed by atoms with Crippen LogP contribution in [0, 0.1) is 0 Å². The number of aliphatic hydroxyl groups is 1. The molecule has 0 saturated carbocycles. The fourth-order valence-electron chi connectivity index (χ4n) is 4.63. The number of aliphatic hydroxyl groups excluding tert-OH is 1. The predicted molar refractivity (Wildman–Crippen MR) is 155 cm³/mol. The van der Waals surface area contributed by atoms with E-state index in [0.717, 1.165) is 22.3 Å². The molecule has 0 aliphatic carbocycles. The molecule has 1 saturated heterocycles. The molecule has 1 unspecified atom stereocenters. The molecule has 10 heteroatoms. The van der Waals surface area contributed by atoms with Crippen molar-refractivity contribution in [3.05, 3.63) is 96.1 Å². The standard InChI is InChI=1S/C31H38N4O6/c1-38-20-25-28(37)29(39-18-22-12-14-24(15-13-22)23-10-6-3-7-11-23)27(35-26(36)16-17-34-31(32)33)30(41-25)40-19-21-8-4-2-5-9-21/h2-15,25,27-30,37H,16-20H2,1H3,(H,35,36)(H4,32,33,34)/t25-,27-,28-,29-,30?/m1/s1. The van der Waals surface area contributed by atoms with Gasteiger partial charge in [-0.3, -0.25) is 9.79 Å². The van der Waals surface area contributed by atoms with E-state index in [2.05, 4.69) is 22.4 Å². The molecule has 1 fully saturated rings. The highest BCUT2D eigenvalue weighted by Gasteiger charge is 2.47. The van der Waals surface area contributed by atoms with Gasteiger partial charge in [-0.25, -0.2) is 0 Å². The van der Waals surface area contributed by atoms with E-state index in [1.165, 1.54) is 7.11 Å². The zero-order valence-electron chi connectivity index (χ0n) is 23.1. The quantitative estimate of drug-likeness (QED) is 0.183. The molecular formula is C31H38N4O6. The third kappa shape index (κ3) is 8.84. The molecule has 41 heavy (non-hydrogen) atoms. The Hall–Kier alpha value is -3.80. The van der Waals surface area contributed by atoms with E-state index in [-0.39, 0.29) is 44.7 Å². The summed E-state index contributed by atoms with van der Waals surface area (Å²) >= 11 is 0. The normalized spacial score (nSPS) is 22.1. The van der Waals surface area contributed by atoms with Crippen molar-refractivity contribution in [2.75, 3.05) is 20.3 Å². The van der Waals surface area contributed by atoms with Crippen LogP contribution in [0.3, 0.4) is 0 Å². The first-order chi connectivity index (χ1) is 19.9. The SMILES string of the molecule is COC[C@H]1OC(OCc2ccccc2)[C@H](NC(=O)CCN=C(N)N)[C@@H](OCc2ccc(-c3ccccc3)cc2)[C@@H]1O. The molecule has 1 aliphatic heterocycles. The molecular weight excluding hydrogens is 524 g/mol. The molecule has 0 spiro atoms. The minimum atomic E-state index is -1.10. The number of amides is 1. The predicted octanol–water partition coefficient (Wildman–Crippen LogP) is 2.34. The van der Waals surface area contributed by atoms with Gasteiger partial charge >= 0.3 is 0 Å². The molecule has 1 aliphatic rings. The number of aliphatic imine (C=N–C) groups is 1. The van der Waals surface area contributed by atoms with Crippen molar-refractivity contribution in [3.8, 4) is 11.1 Å². The van der Waals surface area contributed by atoms with Crippen LogP contribution >= 0.6 is 0 Å².